The van der Waals surface area contributed by atoms with Crippen LogP contribution in [0.2, 0.25) is 0 Å². The monoisotopic (exact) mass is 408 g/mol. The van der Waals surface area contributed by atoms with Crippen LogP contribution in [0.3, 0.4) is 0 Å². The van der Waals surface area contributed by atoms with Crippen molar-refractivity contribution in [1.29, 1.82) is 0 Å². The van der Waals surface area contributed by atoms with Gasteiger partial charge in [0.2, 0.25) is 0 Å². The minimum atomic E-state index is -0.710. The summed E-state index contributed by atoms with van der Waals surface area (Å²) in [6, 6.07) is 9.45. The number of carbonyl (C=O) groups is 2. The summed E-state index contributed by atoms with van der Waals surface area (Å²) in [6.07, 6.45) is 5.39. The number of hydrogen-bond acceptors (Lipinski definition) is 6. The van der Waals surface area contributed by atoms with Gasteiger partial charge in [-0.25, -0.2) is 0 Å². The van der Waals surface area contributed by atoms with Gasteiger partial charge in [-0.3, -0.25) is 14.6 Å². The Morgan fingerprint density at radius 3 is 2.53 bits per heavy atom. The van der Waals surface area contributed by atoms with Crippen LogP contribution in [0.1, 0.15) is 23.6 Å². The van der Waals surface area contributed by atoms with E-state index in [9.17, 15) is 14.7 Å². The smallest absolute Gasteiger partial charge is 0.295 e. The Balaban J connectivity index is 2.01. The average molecular weight is 408 g/mol. The van der Waals surface area contributed by atoms with E-state index in [1.54, 1.807) is 62.0 Å². The van der Waals surface area contributed by atoms with Crippen LogP contribution in [0.15, 0.2) is 67.0 Å². The molecule has 0 spiro atoms. The topological polar surface area (TPSA) is 89.0 Å². The van der Waals surface area contributed by atoms with Crippen LogP contribution in [0.25, 0.3) is 5.76 Å². The molecule has 1 aromatic heterocycles. The van der Waals surface area contributed by atoms with Crippen molar-refractivity contribution in [3.8, 4) is 5.75 Å². The molecule has 0 bridgehead atoms. The molecule has 2 aromatic rings. The minimum absolute atomic E-state index is 0.0587. The molecule has 156 valence electrons. The first-order valence-electron chi connectivity index (χ1n) is 9.60. The number of ketones is 1. The fraction of sp³-hybridized carbons (Fsp3) is 0.261. The molecule has 1 saturated heterocycles. The maximum atomic E-state index is 12.9. The number of hydrogen-bond donors (Lipinski definition) is 1. The molecular formula is C23H24N2O5. The van der Waals surface area contributed by atoms with Gasteiger partial charge in [-0.05, 0) is 48.4 Å². The van der Waals surface area contributed by atoms with Gasteiger partial charge in [0.25, 0.3) is 11.7 Å². The predicted octanol–water partition coefficient (Wildman–Crippen LogP) is 3.10. The van der Waals surface area contributed by atoms with E-state index in [-0.39, 0.29) is 11.3 Å². The lowest BCUT2D eigenvalue weighted by Gasteiger charge is -2.25. The first-order chi connectivity index (χ1) is 14.6. The zero-order chi connectivity index (χ0) is 21.5. The van der Waals surface area contributed by atoms with Crippen molar-refractivity contribution in [2.45, 2.75) is 12.5 Å². The molecule has 3 rings (SSSR count). The van der Waals surface area contributed by atoms with Crippen LogP contribution in [-0.2, 0) is 14.3 Å². The van der Waals surface area contributed by atoms with Gasteiger partial charge in [0, 0.05) is 38.2 Å². The second kappa shape index (κ2) is 9.84. The summed E-state index contributed by atoms with van der Waals surface area (Å²) in [7, 11) is 1.58. The highest BCUT2D eigenvalue weighted by Gasteiger charge is 2.45. The van der Waals surface area contributed by atoms with Crippen molar-refractivity contribution < 1.29 is 24.2 Å². The van der Waals surface area contributed by atoms with Crippen LogP contribution < -0.4 is 4.74 Å². The number of amides is 1. The van der Waals surface area contributed by atoms with Crippen molar-refractivity contribution in [3.63, 3.8) is 0 Å². The van der Waals surface area contributed by atoms with E-state index < -0.39 is 17.7 Å². The third-order valence-electron chi connectivity index (χ3n) is 4.80. The second-order valence-corrected chi connectivity index (χ2v) is 6.74. The number of methoxy groups -OCH3 is 1. The molecular weight excluding hydrogens is 384 g/mol. The Hall–Kier alpha value is -3.45. The molecule has 0 saturated carbocycles. The van der Waals surface area contributed by atoms with Crippen LogP contribution in [0.5, 0.6) is 5.75 Å². The number of benzene rings is 1. The predicted molar refractivity (Wildman–Crippen MR) is 112 cm³/mol. The van der Waals surface area contributed by atoms with E-state index in [1.165, 1.54) is 4.90 Å². The van der Waals surface area contributed by atoms with E-state index in [1.807, 2.05) is 0 Å². The molecule has 1 amide bonds. The highest BCUT2D eigenvalue weighted by molar-refractivity contribution is 6.46. The van der Waals surface area contributed by atoms with E-state index in [0.29, 0.717) is 43.1 Å². The molecule has 1 N–H and O–H groups in total. The molecule has 1 aliphatic rings. The molecule has 7 heteroatoms. The Labute approximate surface area is 175 Å². The number of Topliss-reactive ketones (excluding diaryl/α,β-unsaturated/α-hetero) is 1. The van der Waals surface area contributed by atoms with E-state index in [0.717, 1.165) is 0 Å². The van der Waals surface area contributed by atoms with Gasteiger partial charge in [-0.15, -0.1) is 0 Å². The molecule has 1 aliphatic heterocycles. The summed E-state index contributed by atoms with van der Waals surface area (Å²) in [5.41, 5.74) is 1.19. The van der Waals surface area contributed by atoms with Gasteiger partial charge in [0.1, 0.15) is 18.1 Å². The number of ether oxygens (including phenoxy) is 2. The molecule has 0 aliphatic carbocycles. The van der Waals surface area contributed by atoms with Crippen molar-refractivity contribution >= 4 is 17.4 Å². The molecule has 2 heterocycles. The zero-order valence-corrected chi connectivity index (χ0v) is 16.8. The Kier molecular flexibility index (Phi) is 6.98. The highest BCUT2D eigenvalue weighted by Crippen LogP contribution is 2.39. The van der Waals surface area contributed by atoms with Crippen molar-refractivity contribution in [2.75, 3.05) is 26.9 Å². The van der Waals surface area contributed by atoms with Gasteiger partial charge in [-0.2, -0.15) is 0 Å². The Bertz CT molecular complexity index is 938. The van der Waals surface area contributed by atoms with Gasteiger partial charge in [0.15, 0.2) is 0 Å². The molecule has 7 nitrogen and oxygen atoms in total. The molecule has 1 fully saturated rings. The highest BCUT2D eigenvalue weighted by atomic mass is 16.5. The summed E-state index contributed by atoms with van der Waals surface area (Å²) in [5, 5.41) is 11.0. The maximum absolute atomic E-state index is 12.9. The van der Waals surface area contributed by atoms with E-state index in [4.69, 9.17) is 9.47 Å². The summed E-state index contributed by atoms with van der Waals surface area (Å²) in [6.45, 7) is 4.75. The standard InChI is InChI=1S/C23H24N2O5/c1-3-14-30-18-7-5-17(6-8-18)21(26)19-20(16-9-11-24-12-10-16)25(13-4-15-29-2)23(28)22(19)27/h3,5-12,20,26H,1,4,13-15H2,2H3/b21-19+/t20-/m0/s1. The average Bonchev–Trinajstić information content (AvgIpc) is 3.03. The molecule has 30 heavy (non-hydrogen) atoms. The third-order valence-corrected chi connectivity index (χ3v) is 4.80. The summed E-state index contributed by atoms with van der Waals surface area (Å²) >= 11 is 0. The summed E-state index contributed by atoms with van der Waals surface area (Å²) in [5.74, 6) is -0.962. The van der Waals surface area contributed by atoms with Crippen molar-refractivity contribution in [1.82, 2.24) is 9.88 Å². The second-order valence-electron chi connectivity index (χ2n) is 6.74. The summed E-state index contributed by atoms with van der Waals surface area (Å²) in [4.78, 5) is 31.1. The number of rotatable bonds is 9. The Morgan fingerprint density at radius 1 is 1.20 bits per heavy atom. The fourth-order valence-corrected chi connectivity index (χ4v) is 3.40. The lowest BCUT2D eigenvalue weighted by molar-refractivity contribution is -0.140. The molecule has 0 radical (unpaired) electrons. The number of aromatic nitrogens is 1. The maximum Gasteiger partial charge on any atom is 0.295 e. The SMILES string of the molecule is C=CCOc1ccc(/C(O)=C2\C(=O)C(=O)N(CCCOC)[C@H]2c2ccncc2)cc1. The van der Waals surface area contributed by atoms with E-state index in [2.05, 4.69) is 11.6 Å². The molecule has 1 aromatic carbocycles. The quantitative estimate of drug-likeness (QED) is 0.225. The molecule has 1 atom stereocenters. The first kappa shape index (κ1) is 21.3. The fourth-order valence-electron chi connectivity index (χ4n) is 3.40. The van der Waals surface area contributed by atoms with Gasteiger partial charge in [0.05, 0.1) is 11.6 Å². The normalized spacial score (nSPS) is 17.9. The Morgan fingerprint density at radius 2 is 1.90 bits per heavy atom. The first-order valence-corrected chi connectivity index (χ1v) is 9.60. The molecule has 0 unspecified atom stereocenters. The van der Waals surface area contributed by atoms with Crippen LogP contribution >= 0.6 is 0 Å². The number of nitrogens with zero attached hydrogens (tertiary/aromatic N) is 2. The van der Waals surface area contributed by atoms with Gasteiger partial charge in [-0.1, -0.05) is 12.7 Å². The van der Waals surface area contributed by atoms with E-state index >= 15 is 0 Å². The zero-order valence-electron chi connectivity index (χ0n) is 16.8. The number of pyridine rings is 1. The van der Waals surface area contributed by atoms with Crippen LogP contribution in [0, 0.1) is 0 Å². The number of aliphatic hydroxyl groups is 1. The van der Waals surface area contributed by atoms with Crippen molar-refractivity contribution in [2.24, 2.45) is 0 Å². The number of likely N-dealkylation sites (tertiary alicyclic amines) is 1. The van der Waals surface area contributed by atoms with Crippen molar-refractivity contribution in [3.05, 3.63) is 78.1 Å². The lowest BCUT2D eigenvalue weighted by Crippen LogP contribution is -2.31. The van der Waals surface area contributed by atoms with Gasteiger partial charge < -0.3 is 19.5 Å². The van der Waals surface area contributed by atoms with Crippen LogP contribution in [-0.4, -0.2) is 53.5 Å². The number of carbonyl (C=O) groups excluding carboxylic acids is 2. The van der Waals surface area contributed by atoms with Gasteiger partial charge >= 0.3 is 0 Å². The lowest BCUT2D eigenvalue weighted by atomic mass is 9.96. The number of aliphatic hydroxyl groups excluding tert-OH is 1. The summed E-state index contributed by atoms with van der Waals surface area (Å²) < 4.78 is 10.5. The van der Waals surface area contributed by atoms with Crippen LogP contribution in [0.4, 0.5) is 0 Å². The minimum Gasteiger partial charge on any atom is -0.507 e. The third kappa shape index (κ3) is 4.41. The largest absolute Gasteiger partial charge is 0.507 e.